The molecule has 2 fully saturated rings. The van der Waals surface area contributed by atoms with Crippen molar-refractivity contribution in [3.8, 4) is 11.8 Å². The molecule has 0 aromatic heterocycles. The Kier molecular flexibility index (Phi) is 10.5. The second kappa shape index (κ2) is 14.0. The van der Waals surface area contributed by atoms with Crippen LogP contribution in [0.15, 0.2) is 64.3 Å². The monoisotopic (exact) mass is 617 g/mol. The Labute approximate surface area is 230 Å². The molecule has 1 aromatic carbocycles. The van der Waals surface area contributed by atoms with E-state index in [9.17, 15) is 4.79 Å². The van der Waals surface area contributed by atoms with Crippen molar-refractivity contribution in [2.75, 3.05) is 4.43 Å². The predicted molar refractivity (Wildman–Crippen MR) is 141 cm³/mol. The second-order valence-corrected chi connectivity index (χ2v) is 13.2. The van der Waals surface area contributed by atoms with E-state index in [0.717, 1.165) is 50.9 Å². The predicted octanol–water partition coefficient (Wildman–Crippen LogP) is 3.87. The maximum Gasteiger partial charge on any atom is 0.0620 e. The standard InChI is InChI=1S/C30H35ClIN2O2/c31-29-19-28(16-13-24(29)21-33)36-27-17-14-26(15-18-27)34-30(35)23-8-6-7-22(11-12-23)20-32-25-9-4-2-1-3-5-10-25/h1-5,9-10,13,16,19,22-23,26-27H,6-8,11-12,14-15,17-18,20H2,(H,34,35)/q-1/b2-1-,3-1?,4-2?,5-3-,9-4-,10-5?,25-9?,25-10+. The van der Waals surface area contributed by atoms with Gasteiger partial charge in [-0.15, -0.1) is 0 Å². The van der Waals surface area contributed by atoms with Crippen LogP contribution in [0.1, 0.15) is 63.4 Å². The van der Waals surface area contributed by atoms with E-state index in [0.29, 0.717) is 16.3 Å². The van der Waals surface area contributed by atoms with Crippen molar-refractivity contribution >= 4 is 17.5 Å². The SMILES string of the molecule is N#Cc1ccc(OC2CCC(NC(=O)C3CCCC(C[I-]C4=C/C=C\C=C/C=C\4)CC3)CC2)cc1Cl. The molecule has 6 heteroatoms. The van der Waals surface area contributed by atoms with Gasteiger partial charge in [0.25, 0.3) is 0 Å². The number of ether oxygens (including phenoxy) is 1. The van der Waals surface area contributed by atoms with Gasteiger partial charge in [-0.2, -0.15) is 5.26 Å². The van der Waals surface area contributed by atoms with Crippen LogP contribution in [0.4, 0.5) is 0 Å². The van der Waals surface area contributed by atoms with Crippen LogP contribution in [0, 0.1) is 23.2 Å². The number of carbonyl (C=O) groups is 1. The summed E-state index contributed by atoms with van der Waals surface area (Å²) in [5.74, 6) is 1.89. The van der Waals surface area contributed by atoms with Crippen LogP contribution in [-0.4, -0.2) is 22.5 Å². The molecule has 36 heavy (non-hydrogen) atoms. The average Bonchev–Trinajstić information content (AvgIpc) is 3.11. The molecule has 3 aliphatic rings. The number of hydrogen-bond acceptors (Lipinski definition) is 3. The molecule has 0 radical (unpaired) electrons. The summed E-state index contributed by atoms with van der Waals surface area (Å²) in [6.07, 6.45) is 24.5. The molecule has 0 heterocycles. The third kappa shape index (κ3) is 8.24. The molecule has 2 saturated carbocycles. The number of allylic oxidation sites excluding steroid dienone is 8. The number of nitrogens with zero attached hydrogens (tertiary/aromatic N) is 1. The van der Waals surface area contributed by atoms with Crippen molar-refractivity contribution in [1.82, 2.24) is 5.32 Å². The molecular formula is C30H35ClIN2O2-. The van der Waals surface area contributed by atoms with Gasteiger partial charge >= 0.3 is 174 Å². The molecule has 1 aromatic rings. The summed E-state index contributed by atoms with van der Waals surface area (Å²) in [4.78, 5) is 13.1. The summed E-state index contributed by atoms with van der Waals surface area (Å²) < 4.78 is 8.90. The first-order valence-corrected chi connectivity index (χ1v) is 16.1. The van der Waals surface area contributed by atoms with Gasteiger partial charge in [-0.05, 0) is 12.1 Å². The van der Waals surface area contributed by atoms with Crippen molar-refractivity contribution in [3.63, 3.8) is 0 Å². The number of halogens is 2. The molecule has 0 saturated heterocycles. The quantitative estimate of drug-likeness (QED) is 0.287. The number of rotatable bonds is 7. The molecule has 2 unspecified atom stereocenters. The second-order valence-electron chi connectivity index (χ2n) is 9.89. The third-order valence-electron chi connectivity index (χ3n) is 7.25. The van der Waals surface area contributed by atoms with Gasteiger partial charge in [-0.1, -0.05) is 11.6 Å². The van der Waals surface area contributed by atoms with Gasteiger partial charge < -0.3 is 0 Å². The maximum atomic E-state index is 13.1. The van der Waals surface area contributed by atoms with E-state index in [-0.39, 0.29) is 45.2 Å². The van der Waals surface area contributed by atoms with Crippen molar-refractivity contribution < 1.29 is 30.7 Å². The first-order valence-electron chi connectivity index (χ1n) is 13.1. The Morgan fingerprint density at radius 2 is 1.83 bits per heavy atom. The van der Waals surface area contributed by atoms with Crippen LogP contribution in [0.25, 0.3) is 0 Å². The summed E-state index contributed by atoms with van der Waals surface area (Å²) in [5, 5.41) is 12.8. The molecule has 4 nitrogen and oxygen atoms in total. The normalized spacial score (nSPS) is 30.4. The molecule has 1 amide bonds. The topological polar surface area (TPSA) is 62.1 Å². The van der Waals surface area contributed by atoms with Gasteiger partial charge in [-0.25, -0.2) is 0 Å². The van der Waals surface area contributed by atoms with E-state index < -0.39 is 0 Å². The molecular weight excluding hydrogens is 583 g/mol. The summed E-state index contributed by atoms with van der Waals surface area (Å²) in [6, 6.07) is 7.54. The fourth-order valence-corrected chi connectivity index (χ4v) is 8.27. The van der Waals surface area contributed by atoms with E-state index in [2.05, 4.69) is 53.9 Å². The number of nitrogens with one attached hydrogen (secondary N) is 1. The van der Waals surface area contributed by atoms with E-state index in [1.54, 1.807) is 18.2 Å². The van der Waals surface area contributed by atoms with Gasteiger partial charge in [-0.3, -0.25) is 0 Å². The largest absolute Gasteiger partial charge is 0.0828 e. The minimum Gasteiger partial charge on any atom is -0.0828 e. The van der Waals surface area contributed by atoms with Gasteiger partial charge in [0.05, 0.1) is 10.6 Å². The van der Waals surface area contributed by atoms with Crippen molar-refractivity contribution in [2.24, 2.45) is 11.8 Å². The van der Waals surface area contributed by atoms with E-state index in [4.69, 9.17) is 21.6 Å². The summed E-state index contributed by atoms with van der Waals surface area (Å²) in [5.41, 5.74) is 0.460. The Morgan fingerprint density at radius 1 is 1.03 bits per heavy atom. The molecule has 1 N–H and O–H groups in total. The Bertz CT molecular complexity index is 1060. The number of benzene rings is 1. The Morgan fingerprint density at radius 3 is 2.64 bits per heavy atom. The van der Waals surface area contributed by atoms with Crippen LogP contribution >= 0.6 is 11.6 Å². The van der Waals surface area contributed by atoms with Crippen LogP contribution < -0.4 is 31.3 Å². The summed E-state index contributed by atoms with van der Waals surface area (Å²) >= 11 is 6.15. The van der Waals surface area contributed by atoms with E-state index in [1.165, 1.54) is 20.8 Å². The minimum atomic E-state index is 0.0185. The van der Waals surface area contributed by atoms with E-state index in [1.807, 2.05) is 0 Å². The minimum absolute atomic E-state index is 0.0185. The maximum absolute atomic E-state index is 13.1. The summed E-state index contributed by atoms with van der Waals surface area (Å²) in [6.45, 7) is 0. The average molecular weight is 618 g/mol. The van der Waals surface area contributed by atoms with Crippen molar-refractivity contribution in [2.45, 2.75) is 69.9 Å². The Balaban J connectivity index is 1.17. The first kappa shape index (κ1) is 27.0. The number of carbonyl (C=O) groups excluding carboxylic acids is 1. The smallest absolute Gasteiger partial charge is 0.0620 e. The fourth-order valence-electron chi connectivity index (χ4n) is 5.12. The van der Waals surface area contributed by atoms with Crippen LogP contribution in [0.5, 0.6) is 5.75 Å². The Hall–Kier alpha value is -2.04. The summed E-state index contributed by atoms with van der Waals surface area (Å²) in [7, 11) is 0. The third-order valence-corrected chi connectivity index (χ3v) is 10.8. The zero-order chi connectivity index (χ0) is 25.2. The number of alkyl halides is 1. The van der Waals surface area contributed by atoms with Gasteiger partial charge in [0, 0.05) is 6.07 Å². The van der Waals surface area contributed by atoms with Crippen molar-refractivity contribution in [3.05, 3.63) is 74.9 Å². The number of amides is 1. The van der Waals surface area contributed by atoms with Crippen molar-refractivity contribution in [1.29, 1.82) is 5.26 Å². The zero-order valence-electron chi connectivity index (χ0n) is 20.7. The van der Waals surface area contributed by atoms with Gasteiger partial charge in [0.1, 0.15) is 11.8 Å². The molecule has 0 aliphatic heterocycles. The first-order chi connectivity index (χ1) is 17.6. The van der Waals surface area contributed by atoms with Crippen LogP contribution in [0.2, 0.25) is 5.02 Å². The molecule has 0 bridgehead atoms. The number of hydrogen-bond donors (Lipinski definition) is 1. The number of nitriles is 1. The van der Waals surface area contributed by atoms with Gasteiger partial charge in [0.2, 0.25) is 0 Å². The van der Waals surface area contributed by atoms with Crippen LogP contribution in [-0.2, 0) is 4.79 Å². The molecule has 2 atom stereocenters. The molecule has 4 rings (SSSR count). The zero-order valence-corrected chi connectivity index (χ0v) is 23.6. The van der Waals surface area contributed by atoms with E-state index >= 15 is 0 Å². The molecule has 3 aliphatic carbocycles. The van der Waals surface area contributed by atoms with Crippen LogP contribution in [0.3, 0.4) is 0 Å². The van der Waals surface area contributed by atoms with Gasteiger partial charge in [0.15, 0.2) is 0 Å². The molecule has 0 spiro atoms. The fraction of sp³-hybridized carbons (Fsp3) is 0.467. The molecule has 192 valence electrons.